The summed E-state index contributed by atoms with van der Waals surface area (Å²) in [6, 6.07) is 10.7. The quantitative estimate of drug-likeness (QED) is 0.558. The van der Waals surface area contributed by atoms with Gasteiger partial charge >= 0.3 is 0 Å². The largest absolute Gasteiger partial charge is 0.491 e. The minimum absolute atomic E-state index is 0.219. The molecule has 4 nitrogen and oxygen atoms in total. The molecule has 1 aliphatic rings. The zero-order chi connectivity index (χ0) is 18.3. The number of benzene rings is 1. The second-order valence-electron chi connectivity index (χ2n) is 6.73. The van der Waals surface area contributed by atoms with Crippen LogP contribution in [0.15, 0.2) is 52.7 Å². The summed E-state index contributed by atoms with van der Waals surface area (Å²) in [6.07, 6.45) is 5.31. The van der Waals surface area contributed by atoms with Gasteiger partial charge in [-0.15, -0.1) is 11.3 Å². The van der Waals surface area contributed by atoms with Crippen LogP contribution in [0.3, 0.4) is 0 Å². The Hall–Kier alpha value is -1.73. The first kappa shape index (κ1) is 18.6. The molecule has 0 aliphatic carbocycles. The second kappa shape index (κ2) is 9.46. The fraction of sp³-hybridized carbons (Fsp3) is 0.381. The van der Waals surface area contributed by atoms with Gasteiger partial charge < -0.3 is 14.8 Å². The van der Waals surface area contributed by atoms with E-state index in [0.29, 0.717) is 6.61 Å². The number of rotatable bonds is 9. The molecule has 3 heterocycles. The average Bonchev–Trinajstić information content (AvgIpc) is 3.47. The zero-order valence-electron chi connectivity index (χ0n) is 15.2. The molecule has 0 radical (unpaired) electrons. The standard InChI is InChI=1S/C21H24N2O2S2/c1-3-16(11-18(4-1)25-14-19-5-2-8-24-19)13-23-20(21-22-7-10-27-21)12-17-6-9-26-15-17/h1,3-4,6-7,9-11,15,19-20,23H,2,5,8,12-14H2. The van der Waals surface area contributed by atoms with Gasteiger partial charge in [0, 0.05) is 24.7 Å². The van der Waals surface area contributed by atoms with Crippen LogP contribution in [0.2, 0.25) is 0 Å². The average molecular weight is 401 g/mol. The van der Waals surface area contributed by atoms with E-state index < -0.39 is 0 Å². The van der Waals surface area contributed by atoms with Crippen molar-refractivity contribution in [1.29, 1.82) is 0 Å². The van der Waals surface area contributed by atoms with Crippen LogP contribution in [-0.2, 0) is 17.7 Å². The maximum atomic E-state index is 5.93. The Morgan fingerprint density at radius 2 is 2.26 bits per heavy atom. The van der Waals surface area contributed by atoms with Crippen molar-refractivity contribution in [3.05, 3.63) is 68.8 Å². The highest BCUT2D eigenvalue weighted by Crippen LogP contribution is 2.23. The topological polar surface area (TPSA) is 43.4 Å². The molecule has 1 N–H and O–H groups in total. The third kappa shape index (κ3) is 5.39. The van der Waals surface area contributed by atoms with Crippen LogP contribution in [0, 0.1) is 0 Å². The molecule has 2 atom stereocenters. The van der Waals surface area contributed by atoms with Gasteiger partial charge in [0.15, 0.2) is 0 Å². The molecule has 1 aliphatic heterocycles. The highest BCUT2D eigenvalue weighted by atomic mass is 32.1. The molecule has 4 rings (SSSR count). The summed E-state index contributed by atoms with van der Waals surface area (Å²) in [5, 5.41) is 11.2. The van der Waals surface area contributed by atoms with Gasteiger partial charge in [0.1, 0.15) is 17.4 Å². The molecule has 0 amide bonds. The maximum absolute atomic E-state index is 5.93. The molecular formula is C21H24N2O2S2. The van der Waals surface area contributed by atoms with Gasteiger partial charge in [-0.1, -0.05) is 12.1 Å². The smallest absolute Gasteiger partial charge is 0.119 e. The summed E-state index contributed by atoms with van der Waals surface area (Å²) in [4.78, 5) is 4.52. The second-order valence-corrected chi connectivity index (χ2v) is 8.44. The molecule has 2 unspecified atom stereocenters. The van der Waals surface area contributed by atoms with Crippen LogP contribution in [0.1, 0.15) is 35.0 Å². The molecule has 3 aromatic rings. The molecule has 142 valence electrons. The lowest BCUT2D eigenvalue weighted by molar-refractivity contribution is 0.0679. The summed E-state index contributed by atoms with van der Waals surface area (Å²) >= 11 is 3.44. The molecule has 0 bridgehead atoms. The van der Waals surface area contributed by atoms with Gasteiger partial charge in [0.25, 0.3) is 0 Å². The van der Waals surface area contributed by atoms with Crippen molar-refractivity contribution >= 4 is 22.7 Å². The number of ether oxygens (including phenoxy) is 2. The van der Waals surface area contributed by atoms with Crippen molar-refractivity contribution in [3.8, 4) is 5.75 Å². The Morgan fingerprint density at radius 3 is 3.04 bits per heavy atom. The van der Waals surface area contributed by atoms with E-state index in [9.17, 15) is 0 Å². The molecule has 1 aromatic carbocycles. The molecule has 27 heavy (non-hydrogen) atoms. The highest BCUT2D eigenvalue weighted by molar-refractivity contribution is 7.09. The summed E-state index contributed by atoms with van der Waals surface area (Å²) in [6.45, 7) is 2.28. The lowest BCUT2D eigenvalue weighted by Crippen LogP contribution is -2.22. The first-order valence-electron chi connectivity index (χ1n) is 9.34. The minimum Gasteiger partial charge on any atom is -0.491 e. The molecule has 0 saturated carbocycles. The zero-order valence-corrected chi connectivity index (χ0v) is 16.8. The first-order valence-corrected chi connectivity index (χ1v) is 11.2. The van der Waals surface area contributed by atoms with Crippen molar-refractivity contribution < 1.29 is 9.47 Å². The van der Waals surface area contributed by atoms with Crippen LogP contribution in [-0.4, -0.2) is 24.3 Å². The van der Waals surface area contributed by atoms with E-state index in [4.69, 9.17) is 9.47 Å². The monoisotopic (exact) mass is 400 g/mol. The van der Waals surface area contributed by atoms with Gasteiger partial charge in [-0.25, -0.2) is 4.98 Å². The van der Waals surface area contributed by atoms with E-state index in [1.807, 2.05) is 17.6 Å². The minimum atomic E-state index is 0.219. The van der Waals surface area contributed by atoms with Crippen LogP contribution in [0.25, 0.3) is 0 Å². The Bertz CT molecular complexity index is 799. The lowest BCUT2D eigenvalue weighted by Gasteiger charge is -2.17. The summed E-state index contributed by atoms with van der Waals surface area (Å²) in [5.41, 5.74) is 2.56. The van der Waals surface area contributed by atoms with Gasteiger partial charge in [-0.3, -0.25) is 0 Å². The van der Waals surface area contributed by atoms with Crippen LogP contribution >= 0.6 is 22.7 Å². The van der Waals surface area contributed by atoms with E-state index in [-0.39, 0.29) is 12.1 Å². The Labute approximate surface area is 168 Å². The lowest BCUT2D eigenvalue weighted by atomic mass is 10.1. The molecule has 1 saturated heterocycles. The number of nitrogens with one attached hydrogen (secondary N) is 1. The maximum Gasteiger partial charge on any atom is 0.119 e. The predicted octanol–water partition coefficient (Wildman–Crippen LogP) is 4.84. The Balaban J connectivity index is 1.36. The van der Waals surface area contributed by atoms with Crippen LogP contribution in [0.4, 0.5) is 0 Å². The SMILES string of the molecule is c1cc(CNC(Cc2ccsc2)c2nccs2)cc(OCC2CCCO2)c1. The fourth-order valence-electron chi connectivity index (χ4n) is 3.25. The third-order valence-electron chi connectivity index (χ3n) is 4.68. The fourth-order valence-corrected chi connectivity index (χ4v) is 4.64. The third-order valence-corrected chi connectivity index (χ3v) is 6.30. The van der Waals surface area contributed by atoms with Crippen molar-refractivity contribution in [1.82, 2.24) is 10.3 Å². The van der Waals surface area contributed by atoms with Crippen molar-refractivity contribution in [2.75, 3.05) is 13.2 Å². The van der Waals surface area contributed by atoms with E-state index in [0.717, 1.165) is 43.2 Å². The summed E-state index contributed by atoms with van der Waals surface area (Å²) < 4.78 is 11.6. The van der Waals surface area contributed by atoms with Crippen LogP contribution < -0.4 is 10.1 Å². The normalized spacial score (nSPS) is 17.9. The van der Waals surface area contributed by atoms with Gasteiger partial charge in [0.2, 0.25) is 0 Å². The highest BCUT2D eigenvalue weighted by Gasteiger charge is 2.17. The molecule has 1 fully saturated rings. The number of thiazole rings is 1. The van der Waals surface area contributed by atoms with Crippen LogP contribution in [0.5, 0.6) is 5.75 Å². The van der Waals surface area contributed by atoms with E-state index >= 15 is 0 Å². The van der Waals surface area contributed by atoms with Gasteiger partial charge in [0.05, 0.1) is 12.1 Å². The van der Waals surface area contributed by atoms with Gasteiger partial charge in [-0.05, 0) is 59.3 Å². The molecular weight excluding hydrogens is 376 g/mol. The summed E-state index contributed by atoms with van der Waals surface area (Å²) in [7, 11) is 0. The van der Waals surface area contributed by atoms with Crippen molar-refractivity contribution in [3.63, 3.8) is 0 Å². The van der Waals surface area contributed by atoms with Crippen molar-refractivity contribution in [2.45, 2.75) is 38.0 Å². The number of aromatic nitrogens is 1. The van der Waals surface area contributed by atoms with E-state index in [1.165, 1.54) is 11.1 Å². The molecule has 2 aromatic heterocycles. The number of hydrogen-bond acceptors (Lipinski definition) is 6. The van der Waals surface area contributed by atoms with Gasteiger partial charge in [-0.2, -0.15) is 11.3 Å². The van der Waals surface area contributed by atoms with E-state index in [1.54, 1.807) is 22.7 Å². The number of thiophene rings is 1. The number of nitrogens with zero attached hydrogens (tertiary/aromatic N) is 1. The van der Waals surface area contributed by atoms with Crippen molar-refractivity contribution in [2.24, 2.45) is 0 Å². The first-order chi connectivity index (χ1) is 13.4. The van der Waals surface area contributed by atoms with E-state index in [2.05, 4.69) is 45.3 Å². The summed E-state index contributed by atoms with van der Waals surface area (Å²) in [5.74, 6) is 0.911. The Morgan fingerprint density at radius 1 is 1.26 bits per heavy atom. The number of hydrogen-bond donors (Lipinski definition) is 1. The Kier molecular flexibility index (Phi) is 6.53. The molecule has 6 heteroatoms. The predicted molar refractivity (Wildman–Crippen MR) is 111 cm³/mol. The molecule has 0 spiro atoms.